The molecule has 4 rings (SSSR count). The summed E-state index contributed by atoms with van der Waals surface area (Å²) in [5.41, 5.74) is 6.25. The third kappa shape index (κ3) is 3.84. The molecule has 5 heteroatoms. The number of pyridine rings is 1. The Bertz CT molecular complexity index is 960. The van der Waals surface area contributed by atoms with Crippen LogP contribution in [-0.2, 0) is 6.54 Å². The Balaban J connectivity index is 1.62. The first kappa shape index (κ1) is 18.4. The smallest absolute Gasteiger partial charge is 0.254 e. The number of nitrogens with zero attached hydrogens (tertiary/aromatic N) is 3. The second-order valence-corrected chi connectivity index (χ2v) is 7.55. The van der Waals surface area contributed by atoms with E-state index < -0.39 is 0 Å². The molecule has 1 aromatic carbocycles. The fourth-order valence-corrected chi connectivity index (χ4v) is 3.69. The lowest BCUT2D eigenvalue weighted by Gasteiger charge is -2.22. The zero-order chi connectivity index (χ0) is 19.5. The first-order chi connectivity index (χ1) is 13.7. The van der Waals surface area contributed by atoms with Crippen molar-refractivity contribution in [1.29, 1.82) is 0 Å². The minimum Gasteiger partial charge on any atom is -0.334 e. The van der Waals surface area contributed by atoms with E-state index in [-0.39, 0.29) is 5.91 Å². The van der Waals surface area contributed by atoms with Gasteiger partial charge in [-0.2, -0.15) is 5.10 Å². The molecule has 0 atom stereocenters. The fraction of sp³-hybridized carbons (Fsp3) is 0.348. The number of carbonyl (C=O) groups excluding carboxylic acids is 1. The van der Waals surface area contributed by atoms with Crippen LogP contribution in [0.1, 0.15) is 59.4 Å². The standard InChI is InChI=1S/C23H26N4O/c1-3-13-27(15-17-9-11-24-12-10-17)23(28)20-6-4-5-19(14-20)21-16(2)25-26-22(21)18-7-8-18/h4-6,9-12,14,18H,3,7-8,13,15H2,1-2H3,(H,25,26). The molecule has 144 valence electrons. The van der Waals surface area contributed by atoms with Crippen molar-refractivity contribution in [2.24, 2.45) is 0 Å². The summed E-state index contributed by atoms with van der Waals surface area (Å²) >= 11 is 0. The third-order valence-corrected chi connectivity index (χ3v) is 5.24. The number of hydrogen-bond donors (Lipinski definition) is 1. The van der Waals surface area contributed by atoms with Gasteiger partial charge >= 0.3 is 0 Å². The van der Waals surface area contributed by atoms with Crippen LogP contribution in [0.3, 0.4) is 0 Å². The molecule has 1 N–H and O–H groups in total. The van der Waals surface area contributed by atoms with Crippen LogP contribution in [0.4, 0.5) is 0 Å². The summed E-state index contributed by atoms with van der Waals surface area (Å²) in [6.45, 7) is 5.47. The number of rotatable bonds is 7. The lowest BCUT2D eigenvalue weighted by molar-refractivity contribution is 0.0743. The highest BCUT2D eigenvalue weighted by atomic mass is 16.2. The van der Waals surface area contributed by atoms with Crippen LogP contribution in [0, 0.1) is 6.92 Å². The van der Waals surface area contributed by atoms with Crippen molar-refractivity contribution in [3.8, 4) is 11.1 Å². The molecule has 3 aromatic rings. The molecule has 0 aliphatic heterocycles. The Hall–Kier alpha value is -2.95. The molecular formula is C23H26N4O. The minimum absolute atomic E-state index is 0.0645. The minimum atomic E-state index is 0.0645. The summed E-state index contributed by atoms with van der Waals surface area (Å²) in [6.07, 6.45) is 6.86. The molecular weight excluding hydrogens is 348 g/mol. The third-order valence-electron chi connectivity index (χ3n) is 5.24. The van der Waals surface area contributed by atoms with Crippen LogP contribution in [-0.4, -0.2) is 32.5 Å². The van der Waals surface area contributed by atoms with Gasteiger partial charge in [0.05, 0.1) is 5.69 Å². The van der Waals surface area contributed by atoms with Gasteiger partial charge in [0.25, 0.3) is 5.91 Å². The number of H-pyrrole nitrogens is 1. The number of amides is 1. The number of nitrogens with one attached hydrogen (secondary N) is 1. The summed E-state index contributed by atoms with van der Waals surface area (Å²) in [5.74, 6) is 0.622. The molecule has 1 aliphatic rings. The molecule has 1 aliphatic carbocycles. The summed E-state index contributed by atoms with van der Waals surface area (Å²) in [5, 5.41) is 7.65. The van der Waals surface area contributed by atoms with Gasteiger partial charge < -0.3 is 4.90 Å². The first-order valence-corrected chi connectivity index (χ1v) is 10.0. The largest absolute Gasteiger partial charge is 0.334 e. The molecule has 0 spiro atoms. The number of aryl methyl sites for hydroxylation is 1. The normalized spacial score (nSPS) is 13.5. The Morgan fingerprint density at radius 2 is 2.00 bits per heavy atom. The van der Waals surface area contributed by atoms with Crippen LogP contribution in [0.15, 0.2) is 48.8 Å². The van der Waals surface area contributed by atoms with E-state index in [1.54, 1.807) is 12.4 Å². The van der Waals surface area contributed by atoms with Crippen LogP contribution in [0.5, 0.6) is 0 Å². The molecule has 1 amide bonds. The Labute approximate surface area is 165 Å². The molecule has 0 bridgehead atoms. The summed E-state index contributed by atoms with van der Waals surface area (Å²) in [4.78, 5) is 19.2. The monoisotopic (exact) mass is 374 g/mol. The van der Waals surface area contributed by atoms with E-state index in [4.69, 9.17) is 0 Å². The first-order valence-electron chi connectivity index (χ1n) is 10.0. The van der Waals surface area contributed by atoms with Gasteiger partial charge in [0.15, 0.2) is 0 Å². The van der Waals surface area contributed by atoms with Crippen molar-refractivity contribution in [2.75, 3.05) is 6.54 Å². The Kier molecular flexibility index (Phi) is 5.24. The predicted octanol–water partition coefficient (Wildman–Crippen LogP) is 4.71. The van der Waals surface area contributed by atoms with Crippen molar-refractivity contribution in [2.45, 2.75) is 45.6 Å². The SMILES string of the molecule is CCCN(Cc1ccncc1)C(=O)c1cccc(-c2c(C3CC3)n[nH]c2C)c1. The molecule has 28 heavy (non-hydrogen) atoms. The van der Waals surface area contributed by atoms with Gasteiger partial charge in [0, 0.05) is 48.2 Å². The zero-order valence-corrected chi connectivity index (χ0v) is 16.5. The van der Waals surface area contributed by atoms with Crippen LogP contribution in [0.25, 0.3) is 11.1 Å². The summed E-state index contributed by atoms with van der Waals surface area (Å²) in [6, 6.07) is 11.9. The summed E-state index contributed by atoms with van der Waals surface area (Å²) < 4.78 is 0. The number of carbonyl (C=O) groups is 1. The van der Waals surface area contributed by atoms with Gasteiger partial charge in [0.1, 0.15) is 0 Å². The van der Waals surface area contributed by atoms with E-state index in [0.717, 1.165) is 46.6 Å². The van der Waals surface area contributed by atoms with Crippen molar-refractivity contribution in [1.82, 2.24) is 20.1 Å². The van der Waals surface area contributed by atoms with Gasteiger partial charge in [-0.1, -0.05) is 19.1 Å². The van der Waals surface area contributed by atoms with Crippen molar-refractivity contribution < 1.29 is 4.79 Å². The van der Waals surface area contributed by atoms with Crippen LogP contribution < -0.4 is 0 Å². The topological polar surface area (TPSA) is 61.9 Å². The van der Waals surface area contributed by atoms with Gasteiger partial charge in [-0.25, -0.2) is 0 Å². The predicted molar refractivity (Wildman–Crippen MR) is 110 cm³/mol. The zero-order valence-electron chi connectivity index (χ0n) is 16.5. The highest BCUT2D eigenvalue weighted by molar-refractivity contribution is 5.95. The molecule has 5 nitrogen and oxygen atoms in total. The molecule has 0 unspecified atom stereocenters. The molecule has 2 aromatic heterocycles. The van der Waals surface area contributed by atoms with E-state index in [1.165, 1.54) is 12.8 Å². The highest BCUT2D eigenvalue weighted by Crippen LogP contribution is 2.44. The summed E-state index contributed by atoms with van der Waals surface area (Å²) in [7, 11) is 0. The maximum atomic E-state index is 13.3. The van der Waals surface area contributed by atoms with Crippen LogP contribution in [0.2, 0.25) is 0 Å². The molecule has 1 saturated carbocycles. The second-order valence-electron chi connectivity index (χ2n) is 7.55. The van der Waals surface area contributed by atoms with Gasteiger partial charge in [0.2, 0.25) is 0 Å². The molecule has 0 saturated heterocycles. The van der Waals surface area contributed by atoms with E-state index in [0.29, 0.717) is 12.5 Å². The molecule has 2 heterocycles. The quantitative estimate of drug-likeness (QED) is 0.651. The Morgan fingerprint density at radius 1 is 1.21 bits per heavy atom. The maximum Gasteiger partial charge on any atom is 0.254 e. The van der Waals surface area contributed by atoms with Crippen molar-refractivity contribution in [3.05, 3.63) is 71.3 Å². The van der Waals surface area contributed by atoms with E-state index >= 15 is 0 Å². The van der Waals surface area contributed by atoms with Gasteiger partial charge in [-0.15, -0.1) is 0 Å². The van der Waals surface area contributed by atoms with E-state index in [2.05, 4.69) is 35.1 Å². The average molecular weight is 374 g/mol. The van der Waals surface area contributed by atoms with E-state index in [9.17, 15) is 4.79 Å². The second kappa shape index (κ2) is 7.97. The lowest BCUT2D eigenvalue weighted by Crippen LogP contribution is -2.31. The maximum absolute atomic E-state index is 13.3. The molecule has 1 fully saturated rings. The fourth-order valence-electron chi connectivity index (χ4n) is 3.69. The van der Waals surface area contributed by atoms with Gasteiger partial charge in [-0.05, 0) is 61.6 Å². The number of aromatic amines is 1. The highest BCUT2D eigenvalue weighted by Gasteiger charge is 2.30. The lowest BCUT2D eigenvalue weighted by atomic mass is 9.99. The Morgan fingerprint density at radius 3 is 2.71 bits per heavy atom. The number of aromatic nitrogens is 3. The number of hydrogen-bond acceptors (Lipinski definition) is 3. The van der Waals surface area contributed by atoms with E-state index in [1.807, 2.05) is 35.2 Å². The van der Waals surface area contributed by atoms with Crippen molar-refractivity contribution in [3.63, 3.8) is 0 Å². The number of benzene rings is 1. The van der Waals surface area contributed by atoms with Gasteiger partial charge in [-0.3, -0.25) is 14.9 Å². The molecule has 0 radical (unpaired) electrons. The van der Waals surface area contributed by atoms with Crippen LogP contribution >= 0.6 is 0 Å². The average Bonchev–Trinajstić information content (AvgIpc) is 3.50. The van der Waals surface area contributed by atoms with Crippen molar-refractivity contribution >= 4 is 5.91 Å².